The Labute approximate surface area is 207 Å². The molecule has 4 aromatic rings. The highest BCUT2D eigenvalue weighted by Gasteiger charge is 2.12. The molecule has 7 heteroatoms. The second-order valence-electron chi connectivity index (χ2n) is 7.50. The van der Waals surface area contributed by atoms with E-state index in [1.54, 1.807) is 66.7 Å². The van der Waals surface area contributed by atoms with Gasteiger partial charge in [0.05, 0.1) is 22.2 Å². The van der Waals surface area contributed by atoms with E-state index >= 15 is 0 Å². The predicted octanol–water partition coefficient (Wildman–Crippen LogP) is 7.17. The topological polar surface area (TPSA) is 70.2 Å². The van der Waals surface area contributed by atoms with Gasteiger partial charge in [0, 0.05) is 22.6 Å². The quantitative estimate of drug-likeness (QED) is 0.257. The van der Waals surface area contributed by atoms with Gasteiger partial charge in [0.2, 0.25) is 5.91 Å². The van der Waals surface area contributed by atoms with E-state index in [1.165, 1.54) is 0 Å². The SMILES string of the molecule is O=C(Cc1ccccc1Nc1c(Cl)cccc1Cl)Nc1cccc(NC(=O)c2ccccc2)c1. The Morgan fingerprint density at radius 3 is 2.03 bits per heavy atom. The van der Waals surface area contributed by atoms with Gasteiger partial charge >= 0.3 is 0 Å². The van der Waals surface area contributed by atoms with Gasteiger partial charge in [0.1, 0.15) is 0 Å². The lowest BCUT2D eigenvalue weighted by molar-refractivity contribution is -0.115. The summed E-state index contributed by atoms with van der Waals surface area (Å²) >= 11 is 12.6. The van der Waals surface area contributed by atoms with E-state index in [0.29, 0.717) is 32.7 Å². The zero-order valence-corrected chi connectivity index (χ0v) is 19.5. The van der Waals surface area contributed by atoms with Gasteiger partial charge in [-0.3, -0.25) is 9.59 Å². The second-order valence-corrected chi connectivity index (χ2v) is 8.32. The van der Waals surface area contributed by atoms with Crippen LogP contribution >= 0.6 is 23.2 Å². The van der Waals surface area contributed by atoms with Gasteiger partial charge in [0.15, 0.2) is 0 Å². The zero-order chi connectivity index (χ0) is 23.9. The molecule has 4 aromatic carbocycles. The van der Waals surface area contributed by atoms with Crippen LogP contribution in [0.4, 0.5) is 22.7 Å². The molecule has 0 heterocycles. The van der Waals surface area contributed by atoms with E-state index in [2.05, 4.69) is 16.0 Å². The molecule has 5 nitrogen and oxygen atoms in total. The van der Waals surface area contributed by atoms with Crippen LogP contribution < -0.4 is 16.0 Å². The Hall–Kier alpha value is -3.80. The molecule has 0 atom stereocenters. The maximum Gasteiger partial charge on any atom is 0.255 e. The average Bonchev–Trinajstić information content (AvgIpc) is 2.83. The largest absolute Gasteiger partial charge is 0.353 e. The van der Waals surface area contributed by atoms with E-state index in [1.807, 2.05) is 30.3 Å². The third-order valence-electron chi connectivity index (χ3n) is 5.03. The summed E-state index contributed by atoms with van der Waals surface area (Å²) in [5, 5.41) is 9.94. The number of carbonyl (C=O) groups is 2. The third-order valence-corrected chi connectivity index (χ3v) is 5.66. The van der Waals surface area contributed by atoms with Gasteiger partial charge in [-0.25, -0.2) is 0 Å². The first-order chi connectivity index (χ1) is 16.5. The number of benzene rings is 4. The molecule has 34 heavy (non-hydrogen) atoms. The van der Waals surface area contributed by atoms with Crippen LogP contribution in [0.1, 0.15) is 15.9 Å². The fraction of sp³-hybridized carbons (Fsp3) is 0.0370. The first-order valence-electron chi connectivity index (χ1n) is 10.5. The summed E-state index contributed by atoms with van der Waals surface area (Å²) in [6.45, 7) is 0. The molecule has 0 bridgehead atoms. The van der Waals surface area contributed by atoms with E-state index < -0.39 is 0 Å². The Balaban J connectivity index is 1.44. The Bertz CT molecular complexity index is 1310. The highest BCUT2D eigenvalue weighted by molar-refractivity contribution is 6.39. The zero-order valence-electron chi connectivity index (χ0n) is 18.0. The molecule has 0 aromatic heterocycles. The lowest BCUT2D eigenvalue weighted by atomic mass is 10.1. The highest BCUT2D eigenvalue weighted by atomic mass is 35.5. The number of hydrogen-bond donors (Lipinski definition) is 3. The summed E-state index contributed by atoms with van der Waals surface area (Å²) in [7, 11) is 0. The molecule has 0 aliphatic rings. The monoisotopic (exact) mass is 489 g/mol. The van der Waals surface area contributed by atoms with Crippen molar-refractivity contribution in [2.45, 2.75) is 6.42 Å². The number of rotatable bonds is 7. The van der Waals surface area contributed by atoms with E-state index in [4.69, 9.17) is 23.2 Å². The van der Waals surface area contributed by atoms with E-state index in [9.17, 15) is 9.59 Å². The molecule has 170 valence electrons. The molecule has 0 saturated heterocycles. The number of para-hydroxylation sites is 2. The predicted molar refractivity (Wildman–Crippen MR) is 139 cm³/mol. The van der Waals surface area contributed by atoms with Crippen LogP contribution in [0.15, 0.2) is 97.1 Å². The number of carbonyl (C=O) groups excluding carboxylic acids is 2. The smallest absolute Gasteiger partial charge is 0.255 e. The summed E-state index contributed by atoms with van der Waals surface area (Å²) in [5.74, 6) is -0.423. The van der Waals surface area contributed by atoms with Crippen LogP contribution in [0.25, 0.3) is 0 Å². The summed E-state index contributed by atoms with van der Waals surface area (Å²) in [6.07, 6.45) is 0.131. The van der Waals surface area contributed by atoms with Gasteiger partial charge in [-0.2, -0.15) is 0 Å². The molecule has 0 radical (unpaired) electrons. The number of halogens is 2. The highest BCUT2D eigenvalue weighted by Crippen LogP contribution is 2.33. The van der Waals surface area contributed by atoms with Crippen molar-refractivity contribution in [2.75, 3.05) is 16.0 Å². The lowest BCUT2D eigenvalue weighted by Crippen LogP contribution is -2.16. The number of amides is 2. The summed E-state index contributed by atoms with van der Waals surface area (Å²) in [5.41, 5.74) is 3.82. The van der Waals surface area contributed by atoms with E-state index in [0.717, 1.165) is 11.3 Å². The number of nitrogens with one attached hydrogen (secondary N) is 3. The lowest BCUT2D eigenvalue weighted by Gasteiger charge is -2.15. The molecule has 0 spiro atoms. The average molecular weight is 490 g/mol. The minimum atomic E-state index is -0.220. The standard InChI is InChI=1S/C27H21Cl2N3O2/c28-22-13-7-14-23(29)26(22)32-24-15-5-4-10-19(24)16-25(33)30-20-11-6-12-21(17-20)31-27(34)18-8-2-1-3-9-18/h1-15,17,32H,16H2,(H,30,33)(H,31,34). The molecule has 0 fully saturated rings. The Morgan fingerprint density at radius 1 is 0.676 bits per heavy atom. The first kappa shape index (κ1) is 23.4. The fourth-order valence-electron chi connectivity index (χ4n) is 3.39. The van der Waals surface area contributed by atoms with Crippen molar-refractivity contribution in [1.82, 2.24) is 0 Å². The Kier molecular flexibility index (Phi) is 7.48. The molecular formula is C27H21Cl2N3O2. The molecule has 0 saturated carbocycles. The second kappa shape index (κ2) is 10.9. The van der Waals surface area contributed by atoms with Crippen LogP contribution in [-0.2, 0) is 11.2 Å². The van der Waals surface area contributed by atoms with Crippen molar-refractivity contribution in [3.8, 4) is 0 Å². The van der Waals surface area contributed by atoms with Crippen molar-refractivity contribution >= 4 is 57.8 Å². The van der Waals surface area contributed by atoms with Crippen LogP contribution in [0.3, 0.4) is 0 Å². The summed E-state index contributed by atoms with van der Waals surface area (Å²) in [4.78, 5) is 25.2. The molecule has 0 aliphatic carbocycles. The van der Waals surface area contributed by atoms with Crippen molar-refractivity contribution in [3.05, 3.63) is 118 Å². The minimum Gasteiger partial charge on any atom is -0.353 e. The van der Waals surface area contributed by atoms with Gasteiger partial charge < -0.3 is 16.0 Å². The van der Waals surface area contributed by atoms with Gasteiger partial charge in [-0.15, -0.1) is 0 Å². The number of hydrogen-bond acceptors (Lipinski definition) is 3. The van der Waals surface area contributed by atoms with Gasteiger partial charge in [-0.1, -0.05) is 71.7 Å². The maximum absolute atomic E-state index is 12.8. The molecule has 4 rings (SSSR count). The molecule has 0 unspecified atom stereocenters. The minimum absolute atomic E-state index is 0.131. The molecule has 2 amide bonds. The first-order valence-corrected chi connectivity index (χ1v) is 11.3. The summed E-state index contributed by atoms with van der Waals surface area (Å²) < 4.78 is 0. The van der Waals surface area contributed by atoms with Crippen LogP contribution in [0, 0.1) is 0 Å². The molecule has 0 aliphatic heterocycles. The van der Waals surface area contributed by atoms with Crippen LogP contribution in [-0.4, -0.2) is 11.8 Å². The van der Waals surface area contributed by atoms with Crippen molar-refractivity contribution in [1.29, 1.82) is 0 Å². The fourth-order valence-corrected chi connectivity index (χ4v) is 3.89. The normalized spacial score (nSPS) is 10.4. The molecular weight excluding hydrogens is 469 g/mol. The number of anilines is 4. The molecule has 3 N–H and O–H groups in total. The summed E-state index contributed by atoms with van der Waals surface area (Å²) in [6, 6.07) is 28.7. The van der Waals surface area contributed by atoms with Crippen LogP contribution in [0.5, 0.6) is 0 Å². The van der Waals surface area contributed by atoms with Gasteiger partial charge in [0.25, 0.3) is 5.91 Å². The van der Waals surface area contributed by atoms with Crippen molar-refractivity contribution in [2.24, 2.45) is 0 Å². The van der Waals surface area contributed by atoms with E-state index in [-0.39, 0.29) is 18.2 Å². The van der Waals surface area contributed by atoms with Crippen molar-refractivity contribution < 1.29 is 9.59 Å². The van der Waals surface area contributed by atoms with Crippen LogP contribution in [0.2, 0.25) is 10.0 Å². The van der Waals surface area contributed by atoms with Crippen molar-refractivity contribution in [3.63, 3.8) is 0 Å². The third kappa shape index (κ3) is 5.95. The Morgan fingerprint density at radius 2 is 1.29 bits per heavy atom. The maximum atomic E-state index is 12.8. The van der Waals surface area contributed by atoms with Gasteiger partial charge in [-0.05, 0) is 54.1 Å².